The number of methoxy groups -OCH3 is 1. The first-order valence-electron chi connectivity index (χ1n) is 9.34. The van der Waals surface area contributed by atoms with Crippen LogP contribution in [0.4, 0.5) is 33.5 Å². The molecule has 1 aromatic carbocycles. The van der Waals surface area contributed by atoms with Gasteiger partial charge in [-0.05, 0) is 38.1 Å². The summed E-state index contributed by atoms with van der Waals surface area (Å²) in [7, 11) is 3.63. The number of amides is 1. The summed E-state index contributed by atoms with van der Waals surface area (Å²) < 4.78 is 5.20. The number of aromatic nitrogens is 1. The zero-order valence-corrected chi connectivity index (χ0v) is 17.0. The topological polar surface area (TPSA) is 116 Å². The summed E-state index contributed by atoms with van der Waals surface area (Å²) in [6.45, 7) is 4.62. The Bertz CT molecular complexity index is 929. The van der Waals surface area contributed by atoms with Crippen LogP contribution in [0.2, 0.25) is 0 Å². The molecule has 9 nitrogen and oxygen atoms in total. The number of carbonyl (C=O) groups is 1. The highest BCUT2D eigenvalue weighted by Gasteiger charge is 2.25. The molecule has 1 atom stereocenters. The molecule has 0 radical (unpaired) electrons. The van der Waals surface area contributed by atoms with Gasteiger partial charge in [0.2, 0.25) is 0 Å². The van der Waals surface area contributed by atoms with Gasteiger partial charge in [-0.2, -0.15) is 0 Å². The normalized spacial score (nSPS) is 15.0. The average molecular weight is 398 g/mol. The van der Waals surface area contributed by atoms with Crippen LogP contribution in [0.5, 0.6) is 5.75 Å². The Morgan fingerprint density at radius 2 is 2.03 bits per heavy atom. The van der Waals surface area contributed by atoms with Crippen LogP contribution in [-0.2, 0) is 0 Å². The van der Waals surface area contributed by atoms with Crippen molar-refractivity contribution in [3.8, 4) is 5.75 Å². The molecule has 29 heavy (non-hydrogen) atoms. The summed E-state index contributed by atoms with van der Waals surface area (Å²) in [5, 5.41) is 12.7. The van der Waals surface area contributed by atoms with Crippen molar-refractivity contribution in [1.82, 2.24) is 4.98 Å². The number of aliphatic imine (C=N–C) groups is 1. The summed E-state index contributed by atoms with van der Waals surface area (Å²) in [6, 6.07) is 9.43. The highest BCUT2D eigenvalue weighted by molar-refractivity contribution is 6.03. The van der Waals surface area contributed by atoms with Crippen molar-refractivity contribution >= 4 is 40.5 Å². The number of rotatable bonds is 6. The van der Waals surface area contributed by atoms with Gasteiger partial charge >= 0.3 is 6.09 Å². The Labute approximate surface area is 169 Å². The highest BCUT2D eigenvalue weighted by Crippen LogP contribution is 2.37. The Morgan fingerprint density at radius 1 is 1.34 bits per heavy atom. The molecule has 1 amide bonds. The number of fused-ring (bicyclic) bond motifs is 1. The number of benzene rings is 1. The molecule has 0 saturated carbocycles. The van der Waals surface area contributed by atoms with Crippen molar-refractivity contribution in [2.75, 3.05) is 48.1 Å². The molecule has 0 saturated heterocycles. The predicted molar refractivity (Wildman–Crippen MR) is 116 cm³/mol. The second-order valence-corrected chi connectivity index (χ2v) is 6.81. The predicted octanol–water partition coefficient (Wildman–Crippen LogP) is 3.20. The van der Waals surface area contributed by atoms with E-state index >= 15 is 0 Å². The molecule has 4 N–H and O–H groups in total. The number of anilines is 4. The molecule has 1 aromatic heterocycles. The van der Waals surface area contributed by atoms with Crippen LogP contribution in [0.3, 0.4) is 0 Å². The van der Waals surface area contributed by atoms with Gasteiger partial charge in [0.25, 0.3) is 0 Å². The van der Waals surface area contributed by atoms with E-state index in [1.54, 1.807) is 20.1 Å². The van der Waals surface area contributed by atoms with Gasteiger partial charge in [0.05, 0.1) is 31.1 Å². The lowest BCUT2D eigenvalue weighted by Gasteiger charge is -2.29. The fourth-order valence-corrected chi connectivity index (χ4v) is 3.21. The van der Waals surface area contributed by atoms with Crippen molar-refractivity contribution in [3.63, 3.8) is 0 Å². The van der Waals surface area contributed by atoms with Gasteiger partial charge in [-0.1, -0.05) is 0 Å². The van der Waals surface area contributed by atoms with Crippen molar-refractivity contribution in [1.29, 1.82) is 0 Å². The van der Waals surface area contributed by atoms with Crippen molar-refractivity contribution in [2.45, 2.75) is 19.9 Å². The van der Waals surface area contributed by atoms with E-state index in [9.17, 15) is 9.90 Å². The van der Waals surface area contributed by atoms with E-state index in [0.29, 0.717) is 17.9 Å². The minimum absolute atomic E-state index is 0.0437. The number of hydrogen-bond donors (Lipinski definition) is 3. The smallest absolute Gasteiger partial charge is 0.413 e. The van der Waals surface area contributed by atoms with Crippen molar-refractivity contribution in [2.24, 2.45) is 4.99 Å². The van der Waals surface area contributed by atoms with E-state index in [4.69, 9.17) is 15.5 Å². The first-order chi connectivity index (χ1) is 13.8. The molecule has 2 heterocycles. The summed E-state index contributed by atoms with van der Waals surface area (Å²) in [4.78, 5) is 23.6. The van der Waals surface area contributed by atoms with E-state index in [1.165, 1.54) is 0 Å². The van der Waals surface area contributed by atoms with Gasteiger partial charge in [0, 0.05) is 25.3 Å². The molecule has 0 bridgehead atoms. The summed E-state index contributed by atoms with van der Waals surface area (Å²) >= 11 is 0. The number of ether oxygens (including phenoxy) is 1. The maximum absolute atomic E-state index is 11.4. The molecule has 154 valence electrons. The van der Waals surface area contributed by atoms with Gasteiger partial charge in [-0.15, -0.1) is 0 Å². The first-order valence-corrected chi connectivity index (χ1v) is 9.34. The molecule has 0 aliphatic carbocycles. The lowest BCUT2D eigenvalue weighted by Crippen LogP contribution is -2.38. The van der Waals surface area contributed by atoms with Gasteiger partial charge in [-0.25, -0.2) is 14.8 Å². The molecule has 1 aliphatic heterocycles. The van der Waals surface area contributed by atoms with Crippen LogP contribution in [-0.4, -0.2) is 55.2 Å². The Hall–Kier alpha value is -3.49. The Balaban J connectivity index is 1.87. The molecular formula is C20H26N6O3. The van der Waals surface area contributed by atoms with E-state index in [2.05, 4.69) is 15.2 Å². The van der Waals surface area contributed by atoms with Crippen LogP contribution >= 0.6 is 0 Å². The minimum Gasteiger partial charge on any atom is -0.497 e. The number of nitrogens with one attached hydrogen (secondary N) is 1. The highest BCUT2D eigenvalue weighted by atomic mass is 16.5. The van der Waals surface area contributed by atoms with Gasteiger partial charge in [0.1, 0.15) is 17.3 Å². The fourth-order valence-electron chi connectivity index (χ4n) is 3.21. The minimum atomic E-state index is -1.08. The van der Waals surface area contributed by atoms with Gasteiger partial charge < -0.3 is 25.8 Å². The molecule has 1 aliphatic rings. The number of nitrogen functional groups attached to an aromatic ring is 1. The number of nitrogens with two attached hydrogens (primary N) is 1. The molecule has 3 rings (SSSR count). The summed E-state index contributed by atoms with van der Waals surface area (Å²) in [5.74, 6) is 1.28. The summed E-state index contributed by atoms with van der Waals surface area (Å²) in [5.41, 5.74) is 9.26. The van der Waals surface area contributed by atoms with E-state index in [1.807, 2.05) is 38.2 Å². The first kappa shape index (κ1) is 20.2. The van der Waals surface area contributed by atoms with Crippen molar-refractivity contribution < 1.29 is 14.6 Å². The van der Waals surface area contributed by atoms with Crippen LogP contribution < -0.4 is 25.6 Å². The van der Waals surface area contributed by atoms with Crippen LogP contribution in [0.25, 0.3) is 0 Å². The van der Waals surface area contributed by atoms with Crippen LogP contribution in [0.15, 0.2) is 35.3 Å². The molecule has 2 aromatic rings. The standard InChI is InChI=1S/C20H26N6O3/c1-5-26(20(27)28)17-10-15-18(19(21)24-17)23-16(12(2)22-15)11-25(3)13-6-8-14(29-4)9-7-13/h6-10,12,22H,5,11H2,1-4H3,(H2,21,24)(H,27,28). The van der Waals surface area contributed by atoms with Gasteiger partial charge in [-0.3, -0.25) is 4.90 Å². The second-order valence-electron chi connectivity index (χ2n) is 6.81. The number of pyridine rings is 1. The molecule has 0 fully saturated rings. The SMILES string of the molecule is CCN(C(=O)O)c1cc2c(c(N)n1)N=C(CN(C)c1ccc(OC)cc1)C(C)N2. The van der Waals surface area contributed by atoms with Crippen LogP contribution in [0, 0.1) is 0 Å². The van der Waals surface area contributed by atoms with Crippen LogP contribution in [0.1, 0.15) is 13.8 Å². The van der Waals surface area contributed by atoms with E-state index in [-0.39, 0.29) is 24.2 Å². The Morgan fingerprint density at radius 3 is 2.62 bits per heavy atom. The van der Waals surface area contributed by atoms with E-state index in [0.717, 1.165) is 22.0 Å². The molecule has 0 spiro atoms. The second kappa shape index (κ2) is 8.26. The van der Waals surface area contributed by atoms with E-state index < -0.39 is 6.09 Å². The number of nitrogens with zero attached hydrogens (tertiary/aromatic N) is 4. The zero-order valence-electron chi connectivity index (χ0n) is 17.0. The average Bonchev–Trinajstić information content (AvgIpc) is 2.69. The maximum atomic E-state index is 11.4. The van der Waals surface area contributed by atoms with Crippen molar-refractivity contribution in [3.05, 3.63) is 30.3 Å². The molecular weight excluding hydrogens is 372 g/mol. The lowest BCUT2D eigenvalue weighted by molar-refractivity contribution is 0.202. The number of hydrogen-bond acceptors (Lipinski definition) is 7. The zero-order chi connectivity index (χ0) is 21.1. The fraction of sp³-hybridized carbons (Fsp3) is 0.350. The largest absolute Gasteiger partial charge is 0.497 e. The monoisotopic (exact) mass is 398 g/mol. The maximum Gasteiger partial charge on any atom is 0.413 e. The Kier molecular flexibility index (Phi) is 5.76. The molecule has 9 heteroatoms. The third kappa shape index (κ3) is 4.18. The third-order valence-electron chi connectivity index (χ3n) is 4.87. The third-order valence-corrected chi connectivity index (χ3v) is 4.87. The molecule has 1 unspecified atom stereocenters. The number of carboxylic acid groups (broad SMARTS) is 1. The van der Waals surface area contributed by atoms with Gasteiger partial charge in [0.15, 0.2) is 5.82 Å². The lowest BCUT2D eigenvalue weighted by atomic mass is 10.1. The quantitative estimate of drug-likeness (QED) is 0.684. The summed E-state index contributed by atoms with van der Waals surface area (Å²) in [6.07, 6.45) is -1.08.